The largest absolute Gasteiger partial charge is 0.476 e. The van der Waals surface area contributed by atoms with Gasteiger partial charge in [-0.3, -0.25) is 0 Å². The van der Waals surface area contributed by atoms with Gasteiger partial charge in [-0.15, -0.1) is 15.5 Å². The lowest BCUT2D eigenvalue weighted by atomic mass is 10.0. The molecule has 2 aromatic heterocycles. The van der Waals surface area contributed by atoms with Crippen molar-refractivity contribution in [1.29, 1.82) is 0 Å². The molecule has 0 radical (unpaired) electrons. The second kappa shape index (κ2) is 13.3. The SMILES string of the molecule is CNS(=O)(=O)N(c1ccccc1Cc1c(C)nn(-c2nc(-c3ccc(Cl)c(Cl)c3)c(SC(C)C)s2)c1C(=O)O)S(=O)(=O)NC. The number of anilines is 1. The van der Waals surface area contributed by atoms with Crippen LogP contribution in [-0.2, 0) is 26.8 Å². The molecule has 2 aromatic carbocycles. The van der Waals surface area contributed by atoms with E-state index in [2.05, 4.69) is 5.10 Å². The maximum atomic E-state index is 12.9. The quantitative estimate of drug-likeness (QED) is 0.168. The van der Waals surface area contributed by atoms with Crippen LogP contribution in [-0.4, -0.2) is 62.0 Å². The number of aromatic carboxylic acids is 1. The first-order chi connectivity index (χ1) is 20.6. The van der Waals surface area contributed by atoms with Gasteiger partial charge in [0, 0.05) is 36.9 Å². The van der Waals surface area contributed by atoms with Crippen LogP contribution in [0.2, 0.25) is 10.0 Å². The molecule has 0 atom stereocenters. The number of rotatable bonds is 12. The van der Waals surface area contributed by atoms with Crippen LogP contribution in [0.15, 0.2) is 46.7 Å². The fourth-order valence-corrected chi connectivity index (χ4v) is 9.68. The summed E-state index contributed by atoms with van der Waals surface area (Å²) < 4.78 is 57.8. The number of carbonyl (C=O) groups is 1. The van der Waals surface area contributed by atoms with Crippen LogP contribution >= 0.6 is 46.3 Å². The molecule has 0 aliphatic carbocycles. The number of carboxylic acids is 1. The molecule has 236 valence electrons. The molecule has 3 N–H and O–H groups in total. The highest BCUT2D eigenvalue weighted by molar-refractivity contribution is 8.08. The van der Waals surface area contributed by atoms with Crippen molar-refractivity contribution >= 4 is 78.4 Å². The predicted octanol–water partition coefficient (Wildman–Crippen LogP) is 5.14. The minimum atomic E-state index is -4.55. The van der Waals surface area contributed by atoms with E-state index in [-0.39, 0.29) is 43.0 Å². The molecule has 0 saturated carbocycles. The normalized spacial score (nSPS) is 12.2. The van der Waals surface area contributed by atoms with Crippen LogP contribution in [0.5, 0.6) is 0 Å². The van der Waals surface area contributed by atoms with Crippen molar-refractivity contribution in [3.63, 3.8) is 0 Å². The van der Waals surface area contributed by atoms with Gasteiger partial charge in [0.05, 0.1) is 31.3 Å². The van der Waals surface area contributed by atoms with Crippen molar-refractivity contribution in [3.05, 3.63) is 75.0 Å². The van der Waals surface area contributed by atoms with E-state index >= 15 is 0 Å². The van der Waals surface area contributed by atoms with Gasteiger partial charge < -0.3 is 5.11 Å². The van der Waals surface area contributed by atoms with E-state index in [1.54, 1.807) is 43.0 Å². The van der Waals surface area contributed by atoms with Gasteiger partial charge in [-0.25, -0.2) is 9.78 Å². The van der Waals surface area contributed by atoms with Gasteiger partial charge in [0.2, 0.25) is 5.13 Å². The topological polar surface area (TPSA) is 164 Å². The number of hydrogen-bond acceptors (Lipinski definition) is 9. The molecular formula is C26H28Cl2N6O6S4. The molecule has 0 aliphatic rings. The van der Waals surface area contributed by atoms with Crippen molar-refractivity contribution in [1.82, 2.24) is 24.2 Å². The Hall–Kier alpha value is -2.70. The highest BCUT2D eigenvalue weighted by atomic mass is 35.5. The summed E-state index contributed by atoms with van der Waals surface area (Å²) in [6.45, 7) is 5.65. The van der Waals surface area contributed by atoms with Crippen LogP contribution in [0.1, 0.15) is 41.2 Å². The fourth-order valence-electron chi connectivity index (χ4n) is 4.22. The number of nitrogens with one attached hydrogen (secondary N) is 2. The summed E-state index contributed by atoms with van der Waals surface area (Å²) in [6, 6.07) is 11.0. The van der Waals surface area contributed by atoms with E-state index in [1.165, 1.54) is 34.2 Å². The molecule has 44 heavy (non-hydrogen) atoms. The van der Waals surface area contributed by atoms with Crippen molar-refractivity contribution in [2.45, 2.75) is 36.7 Å². The molecule has 0 saturated heterocycles. The van der Waals surface area contributed by atoms with E-state index < -0.39 is 26.4 Å². The lowest BCUT2D eigenvalue weighted by Gasteiger charge is -2.24. The highest BCUT2D eigenvalue weighted by Gasteiger charge is 2.35. The number of hydrogen-bond donors (Lipinski definition) is 3. The van der Waals surface area contributed by atoms with Crippen molar-refractivity contribution in [2.75, 3.05) is 17.8 Å². The second-order valence-electron chi connectivity index (χ2n) is 9.48. The number of thiazole rings is 1. The Balaban J connectivity index is 1.89. The number of benzene rings is 2. The zero-order valence-corrected chi connectivity index (χ0v) is 28.8. The Morgan fingerprint density at radius 3 is 2.27 bits per heavy atom. The smallest absolute Gasteiger partial charge is 0.355 e. The number of halogens is 2. The number of aryl methyl sites for hydroxylation is 1. The third-order valence-corrected chi connectivity index (χ3v) is 12.7. The van der Waals surface area contributed by atoms with Crippen LogP contribution < -0.4 is 13.2 Å². The van der Waals surface area contributed by atoms with E-state index in [0.717, 1.165) is 18.3 Å². The summed E-state index contributed by atoms with van der Waals surface area (Å²) >= 11 is 15.2. The molecule has 0 bridgehead atoms. The van der Waals surface area contributed by atoms with Gasteiger partial charge in [-0.2, -0.15) is 36.1 Å². The van der Waals surface area contributed by atoms with E-state index in [9.17, 15) is 26.7 Å². The van der Waals surface area contributed by atoms with Gasteiger partial charge in [0.25, 0.3) is 0 Å². The van der Waals surface area contributed by atoms with Crippen LogP contribution in [0.25, 0.3) is 16.4 Å². The average molecular weight is 720 g/mol. The number of carboxylic acid groups (broad SMARTS) is 1. The van der Waals surface area contributed by atoms with Crippen molar-refractivity contribution < 1.29 is 26.7 Å². The summed E-state index contributed by atoms with van der Waals surface area (Å²) in [5.74, 6) is -1.30. The van der Waals surface area contributed by atoms with Gasteiger partial charge in [0.15, 0.2) is 5.69 Å². The molecule has 0 aliphatic heterocycles. The number of para-hydroxylation sites is 1. The van der Waals surface area contributed by atoms with E-state index in [1.807, 2.05) is 23.3 Å². The highest BCUT2D eigenvalue weighted by Crippen LogP contribution is 2.41. The first-order valence-corrected chi connectivity index (χ1v) is 18.1. The number of aromatic nitrogens is 3. The van der Waals surface area contributed by atoms with Gasteiger partial charge in [-0.05, 0) is 30.7 Å². The van der Waals surface area contributed by atoms with E-state index in [4.69, 9.17) is 28.2 Å². The summed E-state index contributed by atoms with van der Waals surface area (Å²) in [4.78, 5) is 17.5. The Morgan fingerprint density at radius 2 is 1.70 bits per heavy atom. The summed E-state index contributed by atoms with van der Waals surface area (Å²) in [7, 11) is -6.93. The predicted molar refractivity (Wildman–Crippen MR) is 175 cm³/mol. The van der Waals surface area contributed by atoms with Gasteiger partial charge in [-0.1, -0.05) is 72.7 Å². The first kappa shape index (κ1) is 34.2. The number of nitrogens with zero attached hydrogens (tertiary/aromatic N) is 4. The maximum absolute atomic E-state index is 12.9. The average Bonchev–Trinajstić information content (AvgIpc) is 3.51. The van der Waals surface area contributed by atoms with Crippen LogP contribution in [0.4, 0.5) is 5.69 Å². The summed E-state index contributed by atoms with van der Waals surface area (Å²) in [5.41, 5.74) is 1.69. The fraction of sp³-hybridized carbons (Fsp3) is 0.269. The first-order valence-electron chi connectivity index (χ1n) is 12.8. The van der Waals surface area contributed by atoms with Crippen LogP contribution in [0.3, 0.4) is 0 Å². The minimum absolute atomic E-state index is 0.156. The maximum Gasteiger partial charge on any atom is 0.355 e. The number of thioether (sulfide) groups is 1. The molecule has 0 amide bonds. The molecule has 2 heterocycles. The monoisotopic (exact) mass is 718 g/mol. The Bertz CT molecular complexity index is 1910. The molecule has 4 aromatic rings. The van der Waals surface area contributed by atoms with E-state index in [0.29, 0.717) is 27.0 Å². The molecule has 0 fully saturated rings. The molecule has 0 spiro atoms. The standard InChI is InChI=1S/C26H28Cl2N6O6S4/c1-14(2)41-25-22(17-10-11-19(27)20(28)13-17)31-26(42-25)33-23(24(35)36)18(15(3)32-33)12-16-8-6-7-9-21(16)34(43(37,38)29-4)44(39,40)30-5/h6-11,13-14,29-30H,12H2,1-5H3,(H,35,36). The summed E-state index contributed by atoms with van der Waals surface area (Å²) in [5, 5.41) is 16.1. The van der Waals surface area contributed by atoms with Crippen molar-refractivity contribution in [3.8, 4) is 16.4 Å². The minimum Gasteiger partial charge on any atom is -0.476 e. The Labute approximate surface area is 273 Å². The summed E-state index contributed by atoms with van der Waals surface area (Å²) in [6.07, 6.45) is -0.156. The molecular weight excluding hydrogens is 691 g/mol. The molecule has 4 rings (SSSR count). The molecule has 18 heteroatoms. The molecule has 12 nitrogen and oxygen atoms in total. The second-order valence-corrected chi connectivity index (χ2v) is 16.8. The zero-order chi connectivity index (χ0) is 32.6. The lowest BCUT2D eigenvalue weighted by molar-refractivity contribution is 0.0686. The zero-order valence-electron chi connectivity index (χ0n) is 24.0. The van der Waals surface area contributed by atoms with Crippen molar-refractivity contribution in [2.24, 2.45) is 0 Å². The molecule has 0 unspecified atom stereocenters. The van der Waals surface area contributed by atoms with Crippen LogP contribution in [0, 0.1) is 6.92 Å². The van der Waals surface area contributed by atoms with Gasteiger partial charge in [0.1, 0.15) is 0 Å². The lowest BCUT2D eigenvalue weighted by Crippen LogP contribution is -2.48. The third-order valence-electron chi connectivity index (χ3n) is 6.20. The van der Waals surface area contributed by atoms with Gasteiger partial charge >= 0.3 is 26.4 Å². The third kappa shape index (κ3) is 6.92. The Kier molecular flexibility index (Phi) is 10.4. The Morgan fingerprint density at radius 1 is 1.07 bits per heavy atom.